The van der Waals surface area contributed by atoms with Crippen molar-refractivity contribution in [3.63, 3.8) is 0 Å². The molecule has 0 spiro atoms. The Bertz CT molecular complexity index is 729. The Morgan fingerprint density at radius 3 is 2.16 bits per heavy atom. The number of benzene rings is 2. The van der Waals surface area contributed by atoms with Gasteiger partial charge < -0.3 is 15.1 Å². The zero-order chi connectivity index (χ0) is 17.3. The Labute approximate surface area is 149 Å². The lowest BCUT2D eigenvalue weighted by atomic mass is 10.0. The molecule has 130 valence electrons. The molecule has 0 atom stereocenters. The van der Waals surface area contributed by atoms with Crippen LogP contribution in [0.4, 0.5) is 10.5 Å². The van der Waals surface area contributed by atoms with Gasteiger partial charge in [0, 0.05) is 31.9 Å². The van der Waals surface area contributed by atoms with Gasteiger partial charge in [0.05, 0.1) is 5.54 Å². The lowest BCUT2D eigenvalue weighted by molar-refractivity contribution is 0.189. The molecular weight excluding hydrogens is 310 g/mol. The minimum absolute atomic E-state index is 0.0748. The molecule has 4 nitrogen and oxygen atoms in total. The first kappa shape index (κ1) is 16.0. The van der Waals surface area contributed by atoms with Crippen LogP contribution >= 0.6 is 0 Å². The van der Waals surface area contributed by atoms with Gasteiger partial charge in [-0.3, -0.25) is 0 Å². The number of piperazine rings is 1. The predicted octanol–water partition coefficient (Wildman–Crippen LogP) is 3.52. The van der Waals surface area contributed by atoms with E-state index in [0.717, 1.165) is 39.0 Å². The van der Waals surface area contributed by atoms with Crippen LogP contribution in [0.3, 0.4) is 0 Å². The number of hydrogen-bond acceptors (Lipinski definition) is 2. The van der Waals surface area contributed by atoms with Gasteiger partial charge in [-0.15, -0.1) is 0 Å². The summed E-state index contributed by atoms with van der Waals surface area (Å²) in [5.74, 6) is 0. The summed E-state index contributed by atoms with van der Waals surface area (Å²) in [6, 6.07) is 19.0. The molecule has 1 aliphatic heterocycles. The highest BCUT2D eigenvalue weighted by Crippen LogP contribution is 2.45. The number of nitrogens with zero attached hydrogens (tertiary/aromatic N) is 2. The van der Waals surface area contributed by atoms with Crippen LogP contribution < -0.4 is 10.2 Å². The molecule has 1 N–H and O–H groups in total. The van der Waals surface area contributed by atoms with E-state index in [1.54, 1.807) is 0 Å². The van der Waals surface area contributed by atoms with Crippen LogP contribution in [0.2, 0.25) is 0 Å². The van der Waals surface area contributed by atoms with Crippen molar-refractivity contribution in [2.45, 2.75) is 25.3 Å². The zero-order valence-electron chi connectivity index (χ0n) is 14.7. The van der Waals surface area contributed by atoms with Crippen molar-refractivity contribution in [1.29, 1.82) is 0 Å². The van der Waals surface area contributed by atoms with E-state index in [1.807, 2.05) is 11.0 Å². The van der Waals surface area contributed by atoms with Crippen LogP contribution in [-0.2, 0) is 5.54 Å². The zero-order valence-corrected chi connectivity index (χ0v) is 14.7. The number of carbonyl (C=O) groups is 1. The summed E-state index contributed by atoms with van der Waals surface area (Å²) in [4.78, 5) is 17.0. The lowest BCUT2D eigenvalue weighted by Crippen LogP contribution is -2.53. The second-order valence-electron chi connectivity index (χ2n) is 7.19. The molecule has 2 aromatic carbocycles. The first-order valence-corrected chi connectivity index (χ1v) is 9.11. The SMILES string of the molecule is Cc1ccc(C2(NC(=O)N3CCN(c4ccccc4)CC3)CC2)cc1. The molecule has 0 radical (unpaired) electrons. The minimum Gasteiger partial charge on any atom is -0.368 e. The fraction of sp³-hybridized carbons (Fsp3) is 0.381. The van der Waals surface area contributed by atoms with Crippen molar-refractivity contribution in [2.75, 3.05) is 31.1 Å². The Morgan fingerprint density at radius 2 is 1.56 bits per heavy atom. The summed E-state index contributed by atoms with van der Waals surface area (Å²) in [7, 11) is 0. The topological polar surface area (TPSA) is 35.6 Å². The third-order valence-corrected chi connectivity index (χ3v) is 5.39. The number of urea groups is 1. The maximum Gasteiger partial charge on any atom is 0.318 e. The molecule has 25 heavy (non-hydrogen) atoms. The van der Waals surface area contributed by atoms with Gasteiger partial charge in [-0.05, 0) is 37.5 Å². The maximum atomic E-state index is 12.7. The molecule has 4 heteroatoms. The van der Waals surface area contributed by atoms with E-state index in [-0.39, 0.29) is 11.6 Å². The minimum atomic E-state index is -0.138. The summed E-state index contributed by atoms with van der Waals surface area (Å²) in [5, 5.41) is 3.30. The van der Waals surface area contributed by atoms with Crippen LogP contribution in [0, 0.1) is 6.92 Å². The van der Waals surface area contributed by atoms with Crippen molar-refractivity contribution in [2.24, 2.45) is 0 Å². The smallest absolute Gasteiger partial charge is 0.318 e. The van der Waals surface area contributed by atoms with Crippen molar-refractivity contribution >= 4 is 11.7 Å². The van der Waals surface area contributed by atoms with Crippen molar-refractivity contribution in [1.82, 2.24) is 10.2 Å². The molecule has 2 fully saturated rings. The van der Waals surface area contributed by atoms with Crippen molar-refractivity contribution in [3.05, 3.63) is 65.7 Å². The highest BCUT2D eigenvalue weighted by Gasteiger charge is 2.46. The third kappa shape index (κ3) is 3.34. The molecule has 2 amide bonds. The summed E-state index contributed by atoms with van der Waals surface area (Å²) < 4.78 is 0. The van der Waals surface area contributed by atoms with Crippen LogP contribution in [0.15, 0.2) is 54.6 Å². The maximum absolute atomic E-state index is 12.7. The fourth-order valence-electron chi connectivity index (χ4n) is 3.57. The molecule has 0 unspecified atom stereocenters. The van der Waals surface area contributed by atoms with E-state index >= 15 is 0 Å². The molecule has 1 saturated heterocycles. The second-order valence-corrected chi connectivity index (χ2v) is 7.19. The van der Waals surface area contributed by atoms with Crippen molar-refractivity contribution < 1.29 is 4.79 Å². The normalized spacial score (nSPS) is 18.8. The Kier molecular flexibility index (Phi) is 4.12. The fourth-order valence-corrected chi connectivity index (χ4v) is 3.57. The molecule has 2 aliphatic rings. The average Bonchev–Trinajstić information content (AvgIpc) is 3.43. The summed E-state index contributed by atoms with van der Waals surface area (Å²) in [6.45, 7) is 5.40. The van der Waals surface area contributed by atoms with E-state index in [0.29, 0.717) is 0 Å². The standard InChI is InChI=1S/C21H25N3O/c1-17-7-9-18(10-8-17)21(11-12-21)22-20(25)24-15-13-23(14-16-24)19-5-3-2-4-6-19/h2-10H,11-16H2,1H3,(H,22,25). The van der Waals surface area contributed by atoms with Gasteiger partial charge in [0.25, 0.3) is 0 Å². The molecule has 4 rings (SSSR count). The summed E-state index contributed by atoms with van der Waals surface area (Å²) in [6.07, 6.45) is 2.07. The second kappa shape index (κ2) is 6.43. The molecule has 1 aliphatic carbocycles. The van der Waals surface area contributed by atoms with Gasteiger partial charge in [-0.25, -0.2) is 4.79 Å². The predicted molar refractivity (Wildman–Crippen MR) is 101 cm³/mol. The first-order chi connectivity index (χ1) is 12.2. The molecule has 1 heterocycles. The highest BCUT2D eigenvalue weighted by molar-refractivity contribution is 5.76. The molecular formula is C21H25N3O. The molecule has 2 aromatic rings. The largest absolute Gasteiger partial charge is 0.368 e. The van der Waals surface area contributed by atoms with Crippen LogP contribution in [0.5, 0.6) is 0 Å². The Balaban J connectivity index is 1.36. The quantitative estimate of drug-likeness (QED) is 0.931. The van der Waals surface area contributed by atoms with E-state index in [9.17, 15) is 4.79 Å². The number of aryl methyl sites for hydroxylation is 1. The van der Waals surface area contributed by atoms with E-state index in [2.05, 4.69) is 65.7 Å². The van der Waals surface area contributed by atoms with Crippen LogP contribution in [0.1, 0.15) is 24.0 Å². The van der Waals surface area contributed by atoms with Crippen molar-refractivity contribution in [3.8, 4) is 0 Å². The van der Waals surface area contributed by atoms with Gasteiger partial charge in [0.15, 0.2) is 0 Å². The first-order valence-electron chi connectivity index (χ1n) is 9.11. The third-order valence-electron chi connectivity index (χ3n) is 5.39. The monoisotopic (exact) mass is 335 g/mol. The lowest BCUT2D eigenvalue weighted by Gasteiger charge is -2.37. The van der Waals surface area contributed by atoms with Gasteiger partial charge >= 0.3 is 6.03 Å². The van der Waals surface area contributed by atoms with Gasteiger partial charge in [0.1, 0.15) is 0 Å². The van der Waals surface area contributed by atoms with E-state index < -0.39 is 0 Å². The molecule has 1 saturated carbocycles. The van der Waals surface area contributed by atoms with E-state index in [1.165, 1.54) is 16.8 Å². The number of amides is 2. The van der Waals surface area contributed by atoms with Gasteiger partial charge in [-0.1, -0.05) is 48.0 Å². The number of para-hydroxylation sites is 1. The molecule has 0 aromatic heterocycles. The number of hydrogen-bond donors (Lipinski definition) is 1. The van der Waals surface area contributed by atoms with E-state index in [4.69, 9.17) is 0 Å². The Hall–Kier alpha value is -2.49. The van der Waals surface area contributed by atoms with Gasteiger partial charge in [0.2, 0.25) is 0 Å². The van der Waals surface area contributed by atoms with Crippen LogP contribution in [0.25, 0.3) is 0 Å². The number of carbonyl (C=O) groups excluding carboxylic acids is 1. The van der Waals surface area contributed by atoms with Gasteiger partial charge in [-0.2, -0.15) is 0 Å². The number of nitrogens with one attached hydrogen (secondary N) is 1. The average molecular weight is 335 g/mol. The highest BCUT2D eigenvalue weighted by atomic mass is 16.2. The summed E-state index contributed by atoms with van der Waals surface area (Å²) >= 11 is 0. The number of anilines is 1. The van der Waals surface area contributed by atoms with Crippen LogP contribution in [-0.4, -0.2) is 37.1 Å². The summed E-state index contributed by atoms with van der Waals surface area (Å²) in [5.41, 5.74) is 3.58. The number of rotatable bonds is 3. The molecule has 0 bridgehead atoms. The Morgan fingerprint density at radius 1 is 0.920 bits per heavy atom.